The maximum atomic E-state index is 6.78. The molecule has 6 unspecified atom stereocenters. The zero-order valence-electron chi connectivity index (χ0n) is 26.0. The lowest BCUT2D eigenvalue weighted by Gasteiger charge is -2.42. The summed E-state index contributed by atoms with van der Waals surface area (Å²) in [6, 6.07) is 39.9. The topological polar surface area (TPSA) is 64.6 Å². The van der Waals surface area contributed by atoms with E-state index < -0.39 is 36.7 Å². The van der Waals surface area contributed by atoms with Crippen molar-refractivity contribution in [2.45, 2.75) is 69.3 Å². The van der Waals surface area contributed by atoms with Gasteiger partial charge in [-0.2, -0.15) is 0 Å². The highest BCUT2D eigenvalue weighted by Crippen LogP contribution is 2.45. The zero-order valence-corrected chi connectivity index (χ0v) is 26.0. The van der Waals surface area contributed by atoms with Crippen LogP contribution in [0.4, 0.5) is 0 Å². The number of hydrogen-bond acceptors (Lipinski definition) is 7. The SMILES string of the molecule is C=CCCCOC1(c2ccccc2)OC2OC(COCc3ccccc3)C(OCc3ccccc3)C(OCc3ccccc3)C2O1. The summed E-state index contributed by atoms with van der Waals surface area (Å²) in [5.74, 6) is -1.48. The lowest BCUT2D eigenvalue weighted by atomic mass is 9.98. The number of ether oxygens (including phenoxy) is 7. The maximum Gasteiger partial charge on any atom is 0.314 e. The molecule has 0 N–H and O–H groups in total. The Bertz CT molecular complexity index is 1450. The molecule has 0 aromatic heterocycles. The Morgan fingerprint density at radius 2 is 1.20 bits per heavy atom. The van der Waals surface area contributed by atoms with Gasteiger partial charge in [0, 0.05) is 5.56 Å². The summed E-state index contributed by atoms with van der Waals surface area (Å²) in [6.45, 7) is 5.69. The highest BCUT2D eigenvalue weighted by atomic mass is 16.9. The summed E-state index contributed by atoms with van der Waals surface area (Å²) in [6.07, 6.45) is 0.426. The Kier molecular flexibility index (Phi) is 11.4. The Hall–Kier alpha value is -3.66. The molecule has 240 valence electrons. The van der Waals surface area contributed by atoms with E-state index in [0.29, 0.717) is 26.4 Å². The van der Waals surface area contributed by atoms with Crippen molar-refractivity contribution in [2.75, 3.05) is 13.2 Å². The second kappa shape index (κ2) is 16.3. The molecule has 0 spiro atoms. The second-order valence-electron chi connectivity index (χ2n) is 11.5. The van der Waals surface area contributed by atoms with Crippen molar-refractivity contribution in [3.8, 4) is 0 Å². The van der Waals surface area contributed by atoms with Gasteiger partial charge in [0.05, 0.1) is 33.0 Å². The Balaban J connectivity index is 1.30. The molecule has 6 rings (SSSR count). The first-order chi connectivity index (χ1) is 22.7. The van der Waals surface area contributed by atoms with E-state index in [1.807, 2.05) is 127 Å². The fourth-order valence-electron chi connectivity index (χ4n) is 5.75. The smallest absolute Gasteiger partial charge is 0.314 e. The first-order valence-electron chi connectivity index (χ1n) is 16.0. The van der Waals surface area contributed by atoms with E-state index in [-0.39, 0.29) is 6.61 Å². The molecule has 4 aromatic rings. The molecule has 2 saturated heterocycles. The van der Waals surface area contributed by atoms with Crippen LogP contribution in [0, 0.1) is 0 Å². The Morgan fingerprint density at radius 3 is 1.78 bits per heavy atom. The van der Waals surface area contributed by atoms with Crippen molar-refractivity contribution in [1.29, 1.82) is 0 Å². The molecule has 7 nitrogen and oxygen atoms in total. The molecule has 2 heterocycles. The third-order valence-corrected chi connectivity index (χ3v) is 8.09. The third kappa shape index (κ3) is 8.18. The number of fused-ring (bicyclic) bond motifs is 1. The van der Waals surface area contributed by atoms with Crippen LogP contribution in [-0.2, 0) is 59.0 Å². The monoisotopic (exact) mass is 622 g/mol. The number of allylic oxidation sites excluding steroid dienone is 1. The standard InChI is InChI=1S/C39H42O7/c1-2-3-16-25-43-39(33-23-14-7-15-24-33)45-37-36(42-28-32-21-12-6-13-22-32)35(41-27-31-19-10-5-11-20-31)34(44-38(37)46-39)29-40-26-30-17-8-4-9-18-30/h2,4-15,17-24,34-38H,1,3,16,25-29H2. The second-order valence-corrected chi connectivity index (χ2v) is 11.5. The van der Waals surface area contributed by atoms with Crippen molar-refractivity contribution in [3.63, 3.8) is 0 Å². The van der Waals surface area contributed by atoms with Crippen molar-refractivity contribution in [3.05, 3.63) is 156 Å². The summed E-state index contributed by atoms with van der Waals surface area (Å²) in [7, 11) is 0. The minimum absolute atomic E-state index is 0.269. The number of unbranched alkanes of at least 4 members (excludes halogenated alkanes) is 1. The number of hydrogen-bond donors (Lipinski definition) is 0. The maximum absolute atomic E-state index is 6.78. The normalized spacial score (nSPS) is 25.6. The van der Waals surface area contributed by atoms with Crippen LogP contribution >= 0.6 is 0 Å². The van der Waals surface area contributed by atoms with Crippen molar-refractivity contribution in [1.82, 2.24) is 0 Å². The van der Waals surface area contributed by atoms with Gasteiger partial charge in [-0.1, -0.05) is 127 Å². The first-order valence-corrected chi connectivity index (χ1v) is 16.0. The highest BCUT2D eigenvalue weighted by molar-refractivity contribution is 5.20. The Labute approximate surface area is 271 Å². The van der Waals surface area contributed by atoms with Crippen LogP contribution < -0.4 is 0 Å². The van der Waals surface area contributed by atoms with E-state index >= 15 is 0 Å². The minimum atomic E-state index is -1.48. The molecule has 0 saturated carbocycles. The van der Waals surface area contributed by atoms with E-state index in [2.05, 4.69) is 6.58 Å². The van der Waals surface area contributed by atoms with Crippen LogP contribution in [0.1, 0.15) is 35.1 Å². The molecule has 2 aliphatic heterocycles. The third-order valence-electron chi connectivity index (χ3n) is 8.09. The molecule has 2 aliphatic rings. The van der Waals surface area contributed by atoms with Crippen LogP contribution in [0.25, 0.3) is 0 Å². The van der Waals surface area contributed by atoms with Gasteiger partial charge in [0.15, 0.2) is 6.29 Å². The number of benzene rings is 4. The van der Waals surface area contributed by atoms with Crippen LogP contribution in [0.15, 0.2) is 134 Å². The van der Waals surface area contributed by atoms with Gasteiger partial charge in [-0.3, -0.25) is 4.74 Å². The minimum Gasteiger partial charge on any atom is -0.374 e. The Morgan fingerprint density at radius 1 is 0.652 bits per heavy atom. The molecular weight excluding hydrogens is 580 g/mol. The fourth-order valence-corrected chi connectivity index (χ4v) is 5.75. The van der Waals surface area contributed by atoms with Gasteiger partial charge < -0.3 is 28.4 Å². The van der Waals surface area contributed by atoms with E-state index in [1.165, 1.54) is 0 Å². The quantitative estimate of drug-likeness (QED) is 0.0959. The van der Waals surface area contributed by atoms with Gasteiger partial charge in [-0.25, -0.2) is 0 Å². The molecule has 0 bridgehead atoms. The van der Waals surface area contributed by atoms with Gasteiger partial charge in [0.25, 0.3) is 0 Å². The van der Waals surface area contributed by atoms with Crippen molar-refractivity contribution < 1.29 is 33.2 Å². The van der Waals surface area contributed by atoms with Gasteiger partial charge in [-0.05, 0) is 29.5 Å². The molecule has 46 heavy (non-hydrogen) atoms. The predicted octanol–water partition coefficient (Wildman–Crippen LogP) is 7.31. The van der Waals surface area contributed by atoms with Crippen LogP contribution in [0.3, 0.4) is 0 Å². The average Bonchev–Trinajstić information content (AvgIpc) is 3.49. The van der Waals surface area contributed by atoms with E-state index in [1.54, 1.807) is 0 Å². The molecule has 2 fully saturated rings. The zero-order chi connectivity index (χ0) is 31.4. The number of rotatable bonds is 16. The summed E-state index contributed by atoms with van der Waals surface area (Å²) in [4.78, 5) is 0. The first kappa shape index (κ1) is 32.3. The van der Waals surface area contributed by atoms with E-state index in [0.717, 1.165) is 35.1 Å². The van der Waals surface area contributed by atoms with Crippen LogP contribution in [-0.4, -0.2) is 43.9 Å². The van der Waals surface area contributed by atoms with Gasteiger partial charge in [0.1, 0.15) is 24.4 Å². The van der Waals surface area contributed by atoms with Gasteiger partial charge in [0.2, 0.25) is 0 Å². The molecule has 4 aromatic carbocycles. The molecule has 0 amide bonds. The van der Waals surface area contributed by atoms with E-state index in [9.17, 15) is 0 Å². The van der Waals surface area contributed by atoms with Crippen molar-refractivity contribution >= 4 is 0 Å². The summed E-state index contributed by atoms with van der Waals surface area (Å²) in [5, 5.41) is 0. The summed E-state index contributed by atoms with van der Waals surface area (Å²) >= 11 is 0. The summed E-state index contributed by atoms with van der Waals surface area (Å²) in [5.41, 5.74) is 3.90. The van der Waals surface area contributed by atoms with Gasteiger partial charge in [-0.15, -0.1) is 6.58 Å². The van der Waals surface area contributed by atoms with Crippen LogP contribution in [0.2, 0.25) is 0 Å². The molecule has 6 atom stereocenters. The lowest BCUT2D eigenvalue weighted by molar-refractivity contribution is -0.367. The lowest BCUT2D eigenvalue weighted by Crippen LogP contribution is -2.59. The molecule has 0 aliphatic carbocycles. The summed E-state index contributed by atoms with van der Waals surface area (Å²) < 4.78 is 46.1. The average molecular weight is 623 g/mol. The van der Waals surface area contributed by atoms with Crippen molar-refractivity contribution in [2.24, 2.45) is 0 Å². The molecule has 0 radical (unpaired) electrons. The molecule has 7 heteroatoms. The fraction of sp³-hybridized carbons (Fsp3) is 0.333. The highest BCUT2D eigenvalue weighted by Gasteiger charge is 2.60. The molecular formula is C39H42O7. The predicted molar refractivity (Wildman–Crippen MR) is 174 cm³/mol. The van der Waals surface area contributed by atoms with E-state index in [4.69, 9.17) is 33.2 Å². The largest absolute Gasteiger partial charge is 0.374 e. The van der Waals surface area contributed by atoms with Crippen LogP contribution in [0.5, 0.6) is 0 Å². The van der Waals surface area contributed by atoms with Gasteiger partial charge >= 0.3 is 5.97 Å².